The van der Waals surface area contributed by atoms with Crippen LogP contribution in [0, 0.1) is 0 Å². The lowest BCUT2D eigenvalue weighted by atomic mass is 10.2. The van der Waals surface area contributed by atoms with Gasteiger partial charge in [0.1, 0.15) is 0 Å². The zero-order chi connectivity index (χ0) is 13.0. The number of hydrogen-bond acceptors (Lipinski definition) is 5. The molecule has 1 aliphatic rings. The fraction of sp³-hybridized carbons (Fsp3) is 0.364. The summed E-state index contributed by atoms with van der Waals surface area (Å²) >= 11 is 0. The Morgan fingerprint density at radius 2 is 2.17 bits per heavy atom. The highest BCUT2D eigenvalue weighted by Gasteiger charge is 2.13. The summed E-state index contributed by atoms with van der Waals surface area (Å²) in [6, 6.07) is 6.67. The maximum atomic E-state index is 11.4. The van der Waals surface area contributed by atoms with Crippen molar-refractivity contribution in [2.45, 2.75) is 17.9 Å². The zero-order valence-electron chi connectivity index (χ0n) is 9.89. The van der Waals surface area contributed by atoms with Gasteiger partial charge in [-0.2, -0.15) is 0 Å². The maximum absolute atomic E-state index is 11.4. The van der Waals surface area contributed by atoms with Crippen LogP contribution in [0.25, 0.3) is 0 Å². The molecule has 4 N–H and O–H groups in total. The molecule has 18 heavy (non-hydrogen) atoms. The lowest BCUT2D eigenvalue weighted by molar-refractivity contribution is 0.596. The molecular formula is C11H16N4O2S. The molecule has 0 bridgehead atoms. The van der Waals surface area contributed by atoms with Crippen molar-refractivity contribution in [3.8, 4) is 0 Å². The van der Waals surface area contributed by atoms with Crippen LogP contribution < -0.4 is 15.8 Å². The summed E-state index contributed by atoms with van der Waals surface area (Å²) < 4.78 is 22.8. The van der Waals surface area contributed by atoms with Gasteiger partial charge in [0.25, 0.3) is 0 Å². The third-order valence-corrected chi connectivity index (χ3v) is 3.63. The molecule has 98 valence electrons. The molecule has 7 heteroatoms. The van der Waals surface area contributed by atoms with Crippen LogP contribution in [-0.4, -0.2) is 27.5 Å². The van der Waals surface area contributed by atoms with E-state index in [1.807, 2.05) is 0 Å². The van der Waals surface area contributed by atoms with Gasteiger partial charge >= 0.3 is 0 Å². The van der Waals surface area contributed by atoms with E-state index >= 15 is 0 Å². The highest BCUT2D eigenvalue weighted by molar-refractivity contribution is 7.89. The molecule has 0 fully saturated rings. The predicted molar refractivity (Wildman–Crippen MR) is 69.6 cm³/mol. The number of nitrogens with one attached hydrogen (secondary N) is 2. The van der Waals surface area contributed by atoms with Gasteiger partial charge in [-0.1, -0.05) is 18.2 Å². The van der Waals surface area contributed by atoms with E-state index in [2.05, 4.69) is 15.6 Å². The second-order valence-electron chi connectivity index (χ2n) is 4.02. The van der Waals surface area contributed by atoms with Gasteiger partial charge in [0.15, 0.2) is 5.96 Å². The highest BCUT2D eigenvalue weighted by atomic mass is 32.2. The number of guanidine groups is 1. The average Bonchev–Trinajstić information content (AvgIpc) is 2.37. The minimum absolute atomic E-state index is 0.147. The first-order chi connectivity index (χ1) is 8.57. The van der Waals surface area contributed by atoms with Crippen molar-refractivity contribution in [1.82, 2.24) is 10.6 Å². The number of nitrogens with two attached hydrogens (primary N) is 1. The summed E-state index contributed by atoms with van der Waals surface area (Å²) in [7, 11) is -3.69. The number of nitrogens with zero attached hydrogens (tertiary/aromatic N) is 1. The lowest BCUT2D eigenvalue weighted by Crippen LogP contribution is -2.40. The van der Waals surface area contributed by atoms with E-state index in [1.165, 1.54) is 6.07 Å². The Balaban J connectivity index is 2.12. The predicted octanol–water partition coefficient (Wildman–Crippen LogP) is -0.227. The Labute approximate surface area is 106 Å². The molecule has 0 aliphatic carbocycles. The molecule has 0 radical (unpaired) electrons. The van der Waals surface area contributed by atoms with Gasteiger partial charge < -0.3 is 10.6 Å². The third-order valence-electron chi connectivity index (χ3n) is 2.62. The molecule has 1 heterocycles. The monoisotopic (exact) mass is 268 g/mol. The van der Waals surface area contributed by atoms with Crippen molar-refractivity contribution in [2.24, 2.45) is 10.1 Å². The van der Waals surface area contributed by atoms with E-state index in [0.29, 0.717) is 18.1 Å². The first-order valence-electron chi connectivity index (χ1n) is 5.70. The number of sulfonamides is 1. The Morgan fingerprint density at radius 3 is 2.83 bits per heavy atom. The van der Waals surface area contributed by atoms with Crippen LogP contribution >= 0.6 is 0 Å². The van der Waals surface area contributed by atoms with Crippen molar-refractivity contribution in [1.29, 1.82) is 0 Å². The molecule has 0 unspecified atom stereocenters. The number of aliphatic imine (C=N–C) groups is 1. The minimum atomic E-state index is -3.69. The van der Waals surface area contributed by atoms with Crippen molar-refractivity contribution in [3.63, 3.8) is 0 Å². The Morgan fingerprint density at radius 1 is 1.39 bits per heavy atom. The van der Waals surface area contributed by atoms with Crippen molar-refractivity contribution >= 4 is 16.0 Å². The second-order valence-corrected chi connectivity index (χ2v) is 5.55. The Bertz CT molecular complexity index is 554. The third kappa shape index (κ3) is 3.21. The van der Waals surface area contributed by atoms with Gasteiger partial charge in [-0.25, -0.2) is 13.6 Å². The van der Waals surface area contributed by atoms with Gasteiger partial charge in [0, 0.05) is 19.6 Å². The quantitative estimate of drug-likeness (QED) is 0.705. The molecule has 1 aromatic rings. The number of rotatable bonds is 3. The molecule has 0 spiro atoms. The van der Waals surface area contributed by atoms with Crippen LogP contribution in [-0.2, 0) is 16.6 Å². The van der Waals surface area contributed by atoms with E-state index < -0.39 is 10.0 Å². The summed E-state index contributed by atoms with van der Waals surface area (Å²) in [6.07, 6.45) is 1.01. The molecule has 6 nitrogen and oxygen atoms in total. The fourth-order valence-corrected chi connectivity index (χ4v) is 2.53. The van der Waals surface area contributed by atoms with Gasteiger partial charge in [0.2, 0.25) is 10.0 Å². The van der Waals surface area contributed by atoms with Crippen molar-refractivity contribution in [3.05, 3.63) is 29.8 Å². The molecule has 0 atom stereocenters. The number of benzene rings is 1. The first kappa shape index (κ1) is 12.8. The van der Waals surface area contributed by atoms with Crippen LogP contribution in [0.1, 0.15) is 12.0 Å². The molecule has 1 aromatic carbocycles. The van der Waals surface area contributed by atoms with Crippen molar-refractivity contribution in [2.75, 3.05) is 13.1 Å². The standard InChI is InChI=1S/C11H16N4O2S/c12-18(16,17)10-5-2-1-4-9(10)8-15-11-13-6-3-7-14-11/h1-2,4-5H,3,6-8H2,(H2,12,16,17)(H2,13,14,15). The van der Waals surface area contributed by atoms with Gasteiger partial charge in [0.05, 0.1) is 4.90 Å². The zero-order valence-corrected chi connectivity index (χ0v) is 10.7. The van der Waals surface area contributed by atoms with E-state index in [4.69, 9.17) is 5.14 Å². The van der Waals surface area contributed by atoms with Gasteiger partial charge in [-0.05, 0) is 18.1 Å². The van der Waals surface area contributed by atoms with E-state index in [-0.39, 0.29) is 4.90 Å². The number of primary sulfonamides is 1. The van der Waals surface area contributed by atoms with Crippen LogP contribution in [0.4, 0.5) is 0 Å². The van der Waals surface area contributed by atoms with Crippen LogP contribution in [0.2, 0.25) is 0 Å². The molecule has 0 saturated carbocycles. The van der Waals surface area contributed by atoms with Crippen LogP contribution in [0.5, 0.6) is 0 Å². The molecule has 1 aliphatic heterocycles. The fourth-order valence-electron chi connectivity index (χ4n) is 1.76. The summed E-state index contributed by atoms with van der Waals surface area (Å²) in [4.78, 5) is 4.40. The summed E-state index contributed by atoms with van der Waals surface area (Å²) in [5.41, 5.74) is 0.634. The van der Waals surface area contributed by atoms with E-state index in [1.54, 1.807) is 18.2 Å². The summed E-state index contributed by atoms with van der Waals surface area (Å²) in [5.74, 6) is 0.700. The lowest BCUT2D eigenvalue weighted by Gasteiger charge is -2.16. The summed E-state index contributed by atoms with van der Waals surface area (Å²) in [5, 5.41) is 11.3. The number of hydrogen-bond donors (Lipinski definition) is 3. The molecule has 0 amide bonds. The molecule has 0 saturated heterocycles. The van der Waals surface area contributed by atoms with Crippen LogP contribution in [0.15, 0.2) is 34.2 Å². The van der Waals surface area contributed by atoms with Crippen molar-refractivity contribution < 1.29 is 8.42 Å². The smallest absolute Gasteiger partial charge is 0.238 e. The summed E-state index contributed by atoms with van der Waals surface area (Å²) in [6.45, 7) is 2.03. The SMILES string of the molecule is NS(=O)(=O)c1ccccc1CNC1=NCCCN1. The van der Waals surface area contributed by atoms with E-state index in [9.17, 15) is 8.42 Å². The largest absolute Gasteiger partial charge is 0.356 e. The molecular weight excluding hydrogens is 252 g/mol. The molecule has 2 rings (SSSR count). The van der Waals surface area contributed by atoms with Crippen LogP contribution in [0.3, 0.4) is 0 Å². The van der Waals surface area contributed by atoms with Gasteiger partial charge in [-0.3, -0.25) is 4.99 Å². The topological polar surface area (TPSA) is 96.6 Å². The highest BCUT2D eigenvalue weighted by Crippen LogP contribution is 2.13. The Kier molecular flexibility index (Phi) is 3.83. The molecule has 0 aromatic heterocycles. The van der Waals surface area contributed by atoms with E-state index in [0.717, 1.165) is 19.5 Å². The normalized spacial score (nSPS) is 15.7. The minimum Gasteiger partial charge on any atom is -0.356 e. The Hall–Kier alpha value is -1.60. The average molecular weight is 268 g/mol. The van der Waals surface area contributed by atoms with Gasteiger partial charge in [-0.15, -0.1) is 0 Å². The second kappa shape index (κ2) is 5.36. The first-order valence-corrected chi connectivity index (χ1v) is 7.25. The maximum Gasteiger partial charge on any atom is 0.238 e.